The Labute approximate surface area is 143 Å². The maximum atomic E-state index is 12.3. The highest BCUT2D eigenvalue weighted by Gasteiger charge is 2.19. The predicted octanol–water partition coefficient (Wildman–Crippen LogP) is 2.89. The summed E-state index contributed by atoms with van der Waals surface area (Å²) in [6.07, 6.45) is 3.08. The highest BCUT2D eigenvalue weighted by atomic mass is 16.6. The van der Waals surface area contributed by atoms with Gasteiger partial charge in [0.2, 0.25) is 5.88 Å². The number of amides is 1. The second-order valence-corrected chi connectivity index (χ2v) is 5.54. The van der Waals surface area contributed by atoms with Crippen LogP contribution >= 0.6 is 0 Å². The number of aromatic nitrogens is 1. The standard InChI is InChI=1S/C17H14N4O4/c18-10-13-9-14(21(23)24)11-19-16(13)25-15-5-3-12(4-6-15)17(22)20-7-1-2-8-20/h3-6,9,11H,1-2,7-8H2. The number of rotatable bonds is 4. The summed E-state index contributed by atoms with van der Waals surface area (Å²) in [6.45, 7) is 1.55. The topological polar surface area (TPSA) is 109 Å². The van der Waals surface area contributed by atoms with Crippen molar-refractivity contribution < 1.29 is 14.5 Å². The fourth-order valence-corrected chi connectivity index (χ4v) is 2.58. The van der Waals surface area contributed by atoms with Crippen LogP contribution in [0.25, 0.3) is 0 Å². The van der Waals surface area contributed by atoms with E-state index >= 15 is 0 Å². The van der Waals surface area contributed by atoms with Gasteiger partial charge in [-0.3, -0.25) is 14.9 Å². The van der Waals surface area contributed by atoms with Crippen LogP contribution in [0.3, 0.4) is 0 Å². The number of ether oxygens (including phenoxy) is 1. The third kappa shape index (κ3) is 3.55. The van der Waals surface area contributed by atoms with E-state index in [0.29, 0.717) is 11.3 Å². The fourth-order valence-electron chi connectivity index (χ4n) is 2.58. The van der Waals surface area contributed by atoms with Gasteiger partial charge in [0, 0.05) is 24.7 Å². The Balaban J connectivity index is 1.76. The van der Waals surface area contributed by atoms with Crippen LogP contribution in [0.4, 0.5) is 5.69 Å². The zero-order valence-electron chi connectivity index (χ0n) is 13.2. The molecule has 0 aliphatic carbocycles. The third-order valence-corrected chi connectivity index (χ3v) is 3.88. The highest BCUT2D eigenvalue weighted by molar-refractivity contribution is 5.94. The van der Waals surface area contributed by atoms with Crippen molar-refractivity contribution >= 4 is 11.6 Å². The van der Waals surface area contributed by atoms with Crippen LogP contribution in [0.1, 0.15) is 28.8 Å². The molecule has 2 heterocycles. The van der Waals surface area contributed by atoms with Crippen LogP contribution < -0.4 is 4.74 Å². The minimum absolute atomic E-state index is 0.0183. The number of pyridine rings is 1. The summed E-state index contributed by atoms with van der Waals surface area (Å²) < 4.78 is 5.51. The molecule has 8 nitrogen and oxygen atoms in total. The number of likely N-dealkylation sites (tertiary alicyclic amines) is 1. The lowest BCUT2D eigenvalue weighted by atomic mass is 10.2. The first-order valence-electron chi connectivity index (χ1n) is 7.70. The van der Waals surface area contributed by atoms with Crippen molar-refractivity contribution in [2.24, 2.45) is 0 Å². The minimum Gasteiger partial charge on any atom is -0.438 e. The number of benzene rings is 1. The maximum absolute atomic E-state index is 12.3. The summed E-state index contributed by atoms with van der Waals surface area (Å²) >= 11 is 0. The molecule has 1 fully saturated rings. The molecule has 1 aromatic heterocycles. The molecule has 1 saturated heterocycles. The van der Waals surface area contributed by atoms with Gasteiger partial charge in [-0.1, -0.05) is 0 Å². The van der Waals surface area contributed by atoms with E-state index in [1.807, 2.05) is 11.0 Å². The number of nitriles is 1. The van der Waals surface area contributed by atoms with E-state index < -0.39 is 4.92 Å². The van der Waals surface area contributed by atoms with Crippen molar-refractivity contribution in [3.05, 3.63) is 57.8 Å². The Morgan fingerprint density at radius 3 is 2.56 bits per heavy atom. The first kappa shape index (κ1) is 16.4. The second kappa shape index (κ2) is 6.97. The molecule has 0 spiro atoms. The van der Waals surface area contributed by atoms with Crippen molar-refractivity contribution in [1.82, 2.24) is 9.88 Å². The van der Waals surface area contributed by atoms with E-state index in [9.17, 15) is 14.9 Å². The number of carbonyl (C=O) groups is 1. The number of hydrogen-bond acceptors (Lipinski definition) is 6. The molecule has 1 aliphatic heterocycles. The molecule has 126 valence electrons. The highest BCUT2D eigenvalue weighted by Crippen LogP contribution is 2.26. The molecule has 0 saturated carbocycles. The summed E-state index contributed by atoms with van der Waals surface area (Å²) in [7, 11) is 0. The lowest BCUT2D eigenvalue weighted by Gasteiger charge is -2.15. The van der Waals surface area contributed by atoms with Crippen LogP contribution in [-0.4, -0.2) is 33.8 Å². The average Bonchev–Trinajstić information content (AvgIpc) is 3.16. The summed E-state index contributed by atoms with van der Waals surface area (Å²) in [5.74, 6) is 0.345. The molecule has 2 aromatic rings. The molecule has 1 aliphatic rings. The van der Waals surface area contributed by atoms with Crippen molar-refractivity contribution in [2.75, 3.05) is 13.1 Å². The second-order valence-electron chi connectivity index (χ2n) is 5.54. The van der Waals surface area contributed by atoms with E-state index in [0.717, 1.165) is 38.2 Å². The lowest BCUT2D eigenvalue weighted by molar-refractivity contribution is -0.385. The number of carbonyl (C=O) groups excluding carboxylic acids is 1. The molecule has 0 bridgehead atoms. The van der Waals surface area contributed by atoms with Crippen molar-refractivity contribution in [3.8, 4) is 17.7 Å². The smallest absolute Gasteiger partial charge is 0.289 e. The molecule has 0 radical (unpaired) electrons. The molecule has 0 N–H and O–H groups in total. The molecule has 0 atom stereocenters. The van der Waals surface area contributed by atoms with Gasteiger partial charge in [-0.05, 0) is 37.1 Å². The molecule has 25 heavy (non-hydrogen) atoms. The summed E-state index contributed by atoms with van der Waals surface area (Å²) in [5.41, 5.74) is 0.244. The Kier molecular flexibility index (Phi) is 4.57. The molecule has 1 aromatic carbocycles. The van der Waals surface area contributed by atoms with Gasteiger partial charge < -0.3 is 9.64 Å². The van der Waals surface area contributed by atoms with Gasteiger partial charge in [0.15, 0.2) is 0 Å². The van der Waals surface area contributed by atoms with Crippen LogP contribution in [0.5, 0.6) is 11.6 Å². The monoisotopic (exact) mass is 338 g/mol. The zero-order valence-corrected chi connectivity index (χ0v) is 13.2. The Bertz CT molecular complexity index is 852. The van der Waals surface area contributed by atoms with E-state index in [4.69, 9.17) is 10.00 Å². The van der Waals surface area contributed by atoms with Crippen LogP contribution in [-0.2, 0) is 0 Å². The first-order valence-corrected chi connectivity index (χ1v) is 7.70. The van der Waals surface area contributed by atoms with Gasteiger partial charge in [-0.25, -0.2) is 4.98 Å². The SMILES string of the molecule is N#Cc1cc([N+](=O)[O-])cnc1Oc1ccc(C(=O)N2CCCC2)cc1. The lowest BCUT2D eigenvalue weighted by Crippen LogP contribution is -2.27. The number of nitro groups is 1. The Hall–Kier alpha value is -3.47. The molecule has 8 heteroatoms. The van der Waals surface area contributed by atoms with E-state index in [1.54, 1.807) is 24.3 Å². The molecule has 1 amide bonds. The van der Waals surface area contributed by atoms with Gasteiger partial charge in [-0.15, -0.1) is 0 Å². The third-order valence-electron chi connectivity index (χ3n) is 3.88. The summed E-state index contributed by atoms with van der Waals surface area (Å²) in [4.78, 5) is 28.0. The fraction of sp³-hybridized carbons (Fsp3) is 0.235. The molecular weight excluding hydrogens is 324 g/mol. The predicted molar refractivity (Wildman–Crippen MR) is 87.3 cm³/mol. The summed E-state index contributed by atoms with van der Waals surface area (Å²) in [5, 5.41) is 19.8. The summed E-state index contributed by atoms with van der Waals surface area (Å²) in [6, 6.07) is 9.43. The molecular formula is C17H14N4O4. The largest absolute Gasteiger partial charge is 0.438 e. The van der Waals surface area contributed by atoms with Crippen molar-refractivity contribution in [2.45, 2.75) is 12.8 Å². The van der Waals surface area contributed by atoms with E-state index in [2.05, 4.69) is 4.98 Å². The normalized spacial score (nSPS) is 13.3. The van der Waals surface area contributed by atoms with Gasteiger partial charge >= 0.3 is 0 Å². The first-order chi connectivity index (χ1) is 12.1. The van der Waals surface area contributed by atoms with Gasteiger partial charge in [0.1, 0.15) is 23.6 Å². The van der Waals surface area contributed by atoms with E-state index in [-0.39, 0.29) is 23.0 Å². The Morgan fingerprint density at radius 2 is 1.96 bits per heavy atom. The van der Waals surface area contributed by atoms with Gasteiger partial charge in [0.05, 0.1) is 4.92 Å². The van der Waals surface area contributed by atoms with Gasteiger partial charge in [-0.2, -0.15) is 5.26 Å². The quantitative estimate of drug-likeness (QED) is 0.626. The Morgan fingerprint density at radius 1 is 1.28 bits per heavy atom. The number of nitrogens with zero attached hydrogens (tertiary/aromatic N) is 4. The number of hydrogen-bond donors (Lipinski definition) is 0. The zero-order chi connectivity index (χ0) is 17.8. The minimum atomic E-state index is -0.629. The van der Waals surface area contributed by atoms with Crippen LogP contribution in [0.2, 0.25) is 0 Å². The van der Waals surface area contributed by atoms with Crippen LogP contribution in [0.15, 0.2) is 36.5 Å². The molecule has 3 rings (SSSR count). The van der Waals surface area contributed by atoms with Crippen molar-refractivity contribution in [1.29, 1.82) is 5.26 Å². The maximum Gasteiger partial charge on any atom is 0.289 e. The molecule has 0 unspecified atom stereocenters. The van der Waals surface area contributed by atoms with E-state index in [1.165, 1.54) is 0 Å². The van der Waals surface area contributed by atoms with Crippen LogP contribution in [0, 0.1) is 21.4 Å². The van der Waals surface area contributed by atoms with Crippen molar-refractivity contribution in [3.63, 3.8) is 0 Å². The average molecular weight is 338 g/mol. The van der Waals surface area contributed by atoms with Gasteiger partial charge in [0.25, 0.3) is 11.6 Å².